The molecule has 0 fully saturated rings. The minimum absolute atomic E-state index is 0. The van der Waals surface area contributed by atoms with Crippen LogP contribution in [0.25, 0.3) is 0 Å². The molecule has 0 aliphatic rings. The molecule has 0 amide bonds. The van der Waals surface area contributed by atoms with Gasteiger partial charge in [0, 0.05) is 6.92 Å². The molecule has 0 aromatic carbocycles. The van der Waals surface area contributed by atoms with Gasteiger partial charge in [-0.1, -0.05) is 0 Å². The van der Waals surface area contributed by atoms with E-state index in [1.165, 1.54) is 0 Å². The van der Waals surface area contributed by atoms with Gasteiger partial charge in [0.05, 0.1) is 0 Å². The van der Waals surface area contributed by atoms with E-state index in [4.69, 9.17) is 9.90 Å². The van der Waals surface area contributed by atoms with Crippen LogP contribution in [0.15, 0.2) is 0 Å². The Morgan fingerprint density at radius 1 is 1.50 bits per heavy atom. The molecule has 4 nitrogen and oxygen atoms in total. The summed E-state index contributed by atoms with van der Waals surface area (Å²) in [6, 6.07) is 0. The number of hydrogen-bond donors (Lipinski definition) is 1. The Labute approximate surface area is 70.5 Å². The first-order chi connectivity index (χ1) is 1.73. The van der Waals surface area contributed by atoms with Crippen molar-refractivity contribution < 1.29 is 20.9 Å². The normalized spacial score (nSPS) is 3.12. The molecule has 0 aromatic rings. The molecule has 0 saturated carbocycles. The Bertz CT molecular complexity index is 37.0. The molecule has 0 spiro atoms. The van der Waals surface area contributed by atoms with Crippen LogP contribution in [0.1, 0.15) is 6.92 Å². The summed E-state index contributed by atoms with van der Waals surface area (Å²) in [5, 5.41) is 7.42. The minimum Gasteiger partial charge on any atom is -2.00 e. The Kier molecular flexibility index (Phi) is 126. The molecule has 0 radical (unpaired) electrons. The minimum atomic E-state index is -0.833. The Morgan fingerprint density at radius 2 is 1.50 bits per heavy atom. The van der Waals surface area contributed by atoms with Crippen molar-refractivity contribution in [2.75, 3.05) is 0 Å². The topological polar surface area (TPSA) is 97.3 Å². The van der Waals surface area contributed by atoms with Crippen molar-refractivity contribution in [3.05, 3.63) is 0 Å². The Hall–Kier alpha value is 0.506. The molecule has 0 heterocycles. The van der Waals surface area contributed by atoms with E-state index in [0.29, 0.717) is 0 Å². The predicted octanol–water partition coefficient (Wildman–Crippen LogP) is -1.12. The van der Waals surface area contributed by atoms with Gasteiger partial charge in [-0.15, -0.1) is 0 Å². The van der Waals surface area contributed by atoms with E-state index < -0.39 is 5.97 Å². The van der Waals surface area contributed by atoms with Crippen LogP contribution in [-0.4, -0.2) is 39.6 Å². The molecule has 0 aromatic heterocycles. The summed E-state index contributed by atoms with van der Waals surface area (Å²) in [4.78, 5) is 9.00. The molecule has 48 valence electrons. The largest absolute Gasteiger partial charge is 2.00 e. The number of hydrogen-bond acceptors (Lipinski definition) is 1. The van der Waals surface area contributed by atoms with Gasteiger partial charge in [0.2, 0.25) is 0 Å². The molecular formula is C2H8MgO4S. The van der Waals surface area contributed by atoms with Crippen LogP contribution in [-0.2, 0) is 10.3 Å². The van der Waals surface area contributed by atoms with Crippen LogP contribution < -0.4 is 0 Å². The Morgan fingerprint density at radius 3 is 1.50 bits per heavy atom. The van der Waals surface area contributed by atoms with Crippen LogP contribution >= 0.6 is 13.5 Å². The molecule has 0 saturated heterocycles. The monoisotopic (exact) mass is 152 g/mol. The quantitative estimate of drug-likeness (QED) is 0.445. The fourth-order valence-electron chi connectivity index (χ4n) is 0. The number of rotatable bonds is 0. The van der Waals surface area contributed by atoms with Crippen molar-refractivity contribution in [1.29, 1.82) is 0 Å². The third-order valence-corrected chi connectivity index (χ3v) is 0. The van der Waals surface area contributed by atoms with Gasteiger partial charge in [-0.2, -0.15) is 13.5 Å². The molecule has 8 heavy (non-hydrogen) atoms. The maximum Gasteiger partial charge on any atom is 2.00 e. The molecule has 0 aliphatic heterocycles. The maximum atomic E-state index is 9.00. The van der Waals surface area contributed by atoms with Gasteiger partial charge in [0.1, 0.15) is 0 Å². The van der Waals surface area contributed by atoms with E-state index in [2.05, 4.69) is 0 Å². The summed E-state index contributed by atoms with van der Waals surface area (Å²) < 4.78 is 0. The fourth-order valence-corrected chi connectivity index (χ4v) is 0. The van der Waals surface area contributed by atoms with Crippen molar-refractivity contribution >= 4 is 42.5 Å². The van der Waals surface area contributed by atoms with Gasteiger partial charge in [-0.25, -0.2) is 0 Å². The molecule has 3 N–H and O–H groups in total. The first kappa shape index (κ1) is 39.0. The van der Waals surface area contributed by atoms with Crippen molar-refractivity contribution in [3.63, 3.8) is 0 Å². The zero-order valence-electron chi connectivity index (χ0n) is 4.47. The van der Waals surface area contributed by atoms with Gasteiger partial charge in [0.25, 0.3) is 5.97 Å². The van der Waals surface area contributed by atoms with Crippen LogP contribution in [0.3, 0.4) is 0 Å². The zero-order chi connectivity index (χ0) is 3.58. The van der Waals surface area contributed by atoms with Gasteiger partial charge >= 0.3 is 23.1 Å². The SMILES string of the molecule is CC(=O)O.O.S.[Mg+2].[O-2]. The van der Waals surface area contributed by atoms with Crippen molar-refractivity contribution in [1.82, 2.24) is 0 Å². The average Bonchev–Trinajstić information content (AvgIpc) is 0.811. The second-order valence-electron chi connectivity index (χ2n) is 0.519. The summed E-state index contributed by atoms with van der Waals surface area (Å²) in [6.45, 7) is 1.08. The molecule has 0 rings (SSSR count). The average molecular weight is 152 g/mol. The van der Waals surface area contributed by atoms with Gasteiger partial charge in [0.15, 0.2) is 0 Å². The van der Waals surface area contributed by atoms with Gasteiger partial charge < -0.3 is 16.1 Å². The maximum absolute atomic E-state index is 9.00. The van der Waals surface area contributed by atoms with E-state index in [0.717, 1.165) is 6.92 Å². The second-order valence-corrected chi connectivity index (χ2v) is 0.519. The molecule has 0 aliphatic carbocycles. The van der Waals surface area contributed by atoms with Gasteiger partial charge in [-0.3, -0.25) is 4.79 Å². The smallest absolute Gasteiger partial charge is 2.00 e. The van der Waals surface area contributed by atoms with Crippen LogP contribution in [0, 0.1) is 0 Å². The number of carboxylic acids is 1. The number of aliphatic carboxylic acids is 1. The summed E-state index contributed by atoms with van der Waals surface area (Å²) in [7, 11) is 0. The molecule has 6 heteroatoms. The van der Waals surface area contributed by atoms with Crippen molar-refractivity contribution in [2.45, 2.75) is 6.92 Å². The van der Waals surface area contributed by atoms with E-state index in [1.54, 1.807) is 0 Å². The first-order valence-electron chi connectivity index (χ1n) is 0.928. The Balaban J connectivity index is -0.00000000750. The van der Waals surface area contributed by atoms with E-state index in [1.807, 2.05) is 0 Å². The third kappa shape index (κ3) is 770. The number of carbonyl (C=O) groups is 1. The first-order valence-corrected chi connectivity index (χ1v) is 0.928. The molecule has 0 atom stereocenters. The summed E-state index contributed by atoms with van der Waals surface area (Å²) in [5.74, 6) is -0.833. The van der Waals surface area contributed by atoms with E-state index in [9.17, 15) is 0 Å². The molecular weight excluding hydrogens is 144 g/mol. The van der Waals surface area contributed by atoms with Crippen LogP contribution in [0.2, 0.25) is 0 Å². The molecule has 0 bridgehead atoms. The fraction of sp³-hybridized carbons (Fsp3) is 0.500. The van der Waals surface area contributed by atoms with Crippen molar-refractivity contribution in [3.8, 4) is 0 Å². The summed E-state index contributed by atoms with van der Waals surface area (Å²) >= 11 is 0. The number of carboxylic acid groups (broad SMARTS) is 1. The predicted molar refractivity (Wildman–Crippen MR) is 33.7 cm³/mol. The van der Waals surface area contributed by atoms with E-state index >= 15 is 0 Å². The van der Waals surface area contributed by atoms with E-state index in [-0.39, 0.29) is 47.5 Å². The third-order valence-electron chi connectivity index (χ3n) is 0. The molecule has 0 unspecified atom stereocenters. The van der Waals surface area contributed by atoms with Crippen LogP contribution in [0.5, 0.6) is 0 Å². The standard InChI is InChI=1S/C2H4O2.Mg.H2O.O.H2S/c1-2(3)4;;;;/h1H3,(H,3,4);;1H2;;1H2/q;+2;;-2;. The summed E-state index contributed by atoms with van der Waals surface area (Å²) in [5.41, 5.74) is 0. The second kappa shape index (κ2) is 25.8. The van der Waals surface area contributed by atoms with Gasteiger partial charge in [-0.05, 0) is 0 Å². The summed E-state index contributed by atoms with van der Waals surface area (Å²) in [6.07, 6.45) is 0. The van der Waals surface area contributed by atoms with Crippen LogP contribution in [0.4, 0.5) is 0 Å². The van der Waals surface area contributed by atoms with Crippen molar-refractivity contribution in [2.24, 2.45) is 0 Å². The zero-order valence-corrected chi connectivity index (χ0v) is 6.89.